The Labute approximate surface area is 110 Å². The molecular formula is C14H25N3O. The van der Waals surface area contributed by atoms with Gasteiger partial charge in [-0.2, -0.15) is 0 Å². The van der Waals surface area contributed by atoms with Gasteiger partial charge in [-0.1, -0.05) is 40.0 Å². The maximum absolute atomic E-state index is 5.56. The first kappa shape index (κ1) is 14.7. The van der Waals surface area contributed by atoms with E-state index in [-0.39, 0.29) is 0 Å². The van der Waals surface area contributed by atoms with Crippen LogP contribution in [0.4, 0.5) is 5.82 Å². The zero-order valence-electron chi connectivity index (χ0n) is 11.8. The molecule has 0 bridgehead atoms. The molecule has 0 amide bonds. The lowest BCUT2D eigenvalue weighted by Crippen LogP contribution is -2.07. The van der Waals surface area contributed by atoms with Gasteiger partial charge in [0.2, 0.25) is 5.88 Å². The van der Waals surface area contributed by atoms with E-state index in [1.807, 2.05) is 6.07 Å². The fourth-order valence-electron chi connectivity index (χ4n) is 1.54. The summed E-state index contributed by atoms with van der Waals surface area (Å²) in [5.74, 6) is 2.00. The first-order chi connectivity index (χ1) is 8.72. The Morgan fingerprint density at radius 1 is 1.22 bits per heavy atom. The summed E-state index contributed by atoms with van der Waals surface area (Å²) in [7, 11) is 0. The molecule has 4 heteroatoms. The number of ether oxygens (including phenoxy) is 1. The second-order valence-electron chi connectivity index (χ2n) is 4.93. The van der Waals surface area contributed by atoms with Crippen LogP contribution >= 0.6 is 0 Å². The van der Waals surface area contributed by atoms with Gasteiger partial charge in [0.1, 0.15) is 12.1 Å². The smallest absolute Gasteiger partial charge is 0.218 e. The molecule has 0 radical (unpaired) electrons. The highest BCUT2D eigenvalue weighted by Crippen LogP contribution is 2.12. The summed E-state index contributed by atoms with van der Waals surface area (Å²) in [5, 5.41) is 3.30. The van der Waals surface area contributed by atoms with Crippen molar-refractivity contribution < 1.29 is 4.74 Å². The molecule has 0 saturated heterocycles. The second-order valence-corrected chi connectivity index (χ2v) is 4.93. The predicted molar refractivity (Wildman–Crippen MR) is 75.0 cm³/mol. The highest BCUT2D eigenvalue weighted by Gasteiger charge is 2.01. The molecule has 0 aromatic carbocycles. The van der Waals surface area contributed by atoms with Crippen LogP contribution < -0.4 is 10.1 Å². The van der Waals surface area contributed by atoms with Crippen molar-refractivity contribution in [1.29, 1.82) is 0 Å². The van der Waals surface area contributed by atoms with Crippen LogP contribution in [0.3, 0.4) is 0 Å². The van der Waals surface area contributed by atoms with Crippen LogP contribution in [0, 0.1) is 5.92 Å². The van der Waals surface area contributed by atoms with Crippen molar-refractivity contribution in [1.82, 2.24) is 9.97 Å². The zero-order valence-corrected chi connectivity index (χ0v) is 11.8. The lowest BCUT2D eigenvalue weighted by molar-refractivity contribution is 0.261. The Morgan fingerprint density at radius 2 is 2.06 bits per heavy atom. The maximum Gasteiger partial charge on any atom is 0.218 e. The molecule has 0 spiro atoms. The summed E-state index contributed by atoms with van der Waals surface area (Å²) in [6, 6.07) is 1.86. The molecule has 0 unspecified atom stereocenters. The molecule has 1 aromatic rings. The average molecular weight is 251 g/mol. The molecule has 0 saturated carbocycles. The fourth-order valence-corrected chi connectivity index (χ4v) is 1.54. The minimum absolute atomic E-state index is 0.505. The van der Waals surface area contributed by atoms with Crippen LogP contribution in [-0.2, 0) is 0 Å². The van der Waals surface area contributed by atoms with Crippen molar-refractivity contribution in [2.45, 2.75) is 46.5 Å². The maximum atomic E-state index is 5.56. The van der Waals surface area contributed by atoms with Crippen LogP contribution in [-0.4, -0.2) is 23.1 Å². The van der Waals surface area contributed by atoms with Crippen LogP contribution in [0.15, 0.2) is 12.4 Å². The number of anilines is 1. The van der Waals surface area contributed by atoms with E-state index in [0.29, 0.717) is 18.4 Å². The minimum Gasteiger partial charge on any atom is -0.477 e. The number of aromatic nitrogens is 2. The van der Waals surface area contributed by atoms with Gasteiger partial charge in [-0.05, 0) is 12.3 Å². The molecule has 0 aliphatic rings. The van der Waals surface area contributed by atoms with Gasteiger partial charge in [0.05, 0.1) is 6.61 Å². The average Bonchev–Trinajstić information content (AvgIpc) is 2.37. The summed E-state index contributed by atoms with van der Waals surface area (Å²) < 4.78 is 5.56. The summed E-state index contributed by atoms with van der Waals surface area (Å²) in [4.78, 5) is 8.28. The van der Waals surface area contributed by atoms with Gasteiger partial charge in [0, 0.05) is 12.6 Å². The van der Waals surface area contributed by atoms with Crippen LogP contribution in [0.1, 0.15) is 46.5 Å². The van der Waals surface area contributed by atoms with Crippen LogP contribution in [0.25, 0.3) is 0 Å². The topological polar surface area (TPSA) is 47.0 Å². The van der Waals surface area contributed by atoms with Gasteiger partial charge in [-0.25, -0.2) is 9.97 Å². The first-order valence-corrected chi connectivity index (χ1v) is 6.91. The number of rotatable bonds is 9. The summed E-state index contributed by atoms with van der Waals surface area (Å²) >= 11 is 0. The summed E-state index contributed by atoms with van der Waals surface area (Å²) in [6.45, 7) is 8.10. The quantitative estimate of drug-likeness (QED) is 0.682. The highest BCUT2D eigenvalue weighted by molar-refractivity contribution is 5.36. The third-order valence-electron chi connectivity index (χ3n) is 2.54. The molecule has 1 rings (SSSR count). The molecule has 102 valence electrons. The van der Waals surface area contributed by atoms with Crippen molar-refractivity contribution in [3.05, 3.63) is 12.4 Å². The van der Waals surface area contributed by atoms with Crippen LogP contribution in [0.2, 0.25) is 0 Å². The summed E-state index contributed by atoms with van der Waals surface area (Å²) in [6.07, 6.45) is 6.56. The monoisotopic (exact) mass is 251 g/mol. The van der Waals surface area contributed by atoms with E-state index in [4.69, 9.17) is 4.74 Å². The normalized spacial score (nSPS) is 10.7. The summed E-state index contributed by atoms with van der Waals surface area (Å²) in [5.41, 5.74) is 0. The van der Waals surface area contributed by atoms with E-state index in [1.165, 1.54) is 25.7 Å². The Balaban J connectivity index is 2.30. The van der Waals surface area contributed by atoms with Gasteiger partial charge in [-0.3, -0.25) is 0 Å². The Kier molecular flexibility index (Phi) is 7.14. The molecule has 0 aliphatic heterocycles. The predicted octanol–water partition coefficient (Wildman–Crippen LogP) is 3.50. The minimum atomic E-state index is 0.505. The van der Waals surface area contributed by atoms with Gasteiger partial charge < -0.3 is 10.1 Å². The molecule has 4 nitrogen and oxygen atoms in total. The van der Waals surface area contributed by atoms with E-state index in [2.05, 4.69) is 36.1 Å². The number of unbranched alkanes of at least 4 members (excludes halogenated alkanes) is 3. The van der Waals surface area contributed by atoms with Crippen molar-refractivity contribution in [3.63, 3.8) is 0 Å². The van der Waals surface area contributed by atoms with E-state index in [9.17, 15) is 0 Å². The fraction of sp³-hybridized carbons (Fsp3) is 0.714. The van der Waals surface area contributed by atoms with Crippen LogP contribution in [0.5, 0.6) is 5.88 Å². The van der Waals surface area contributed by atoms with Crippen molar-refractivity contribution in [3.8, 4) is 5.88 Å². The molecule has 1 heterocycles. The molecule has 0 fully saturated rings. The third kappa shape index (κ3) is 6.42. The van der Waals surface area contributed by atoms with Crippen molar-refractivity contribution >= 4 is 5.82 Å². The Bertz CT molecular complexity index is 329. The number of hydrogen-bond donors (Lipinski definition) is 1. The molecular weight excluding hydrogens is 226 g/mol. The Hall–Kier alpha value is -1.32. The lowest BCUT2D eigenvalue weighted by atomic mass is 10.2. The first-order valence-electron chi connectivity index (χ1n) is 6.91. The highest BCUT2D eigenvalue weighted by atomic mass is 16.5. The van der Waals surface area contributed by atoms with E-state index in [0.717, 1.165) is 12.4 Å². The largest absolute Gasteiger partial charge is 0.477 e. The molecule has 18 heavy (non-hydrogen) atoms. The van der Waals surface area contributed by atoms with Gasteiger partial charge in [-0.15, -0.1) is 0 Å². The van der Waals surface area contributed by atoms with Gasteiger partial charge in [0.25, 0.3) is 0 Å². The molecule has 1 aromatic heterocycles. The van der Waals surface area contributed by atoms with Crippen molar-refractivity contribution in [2.24, 2.45) is 5.92 Å². The lowest BCUT2D eigenvalue weighted by Gasteiger charge is -2.09. The van der Waals surface area contributed by atoms with E-state index < -0.39 is 0 Å². The van der Waals surface area contributed by atoms with E-state index >= 15 is 0 Å². The van der Waals surface area contributed by atoms with Crippen molar-refractivity contribution in [2.75, 3.05) is 18.5 Å². The van der Waals surface area contributed by atoms with Gasteiger partial charge >= 0.3 is 0 Å². The van der Waals surface area contributed by atoms with E-state index in [1.54, 1.807) is 6.33 Å². The van der Waals surface area contributed by atoms with Gasteiger partial charge in [0.15, 0.2) is 0 Å². The Morgan fingerprint density at radius 3 is 2.78 bits per heavy atom. The number of hydrogen-bond acceptors (Lipinski definition) is 4. The molecule has 1 N–H and O–H groups in total. The third-order valence-corrected chi connectivity index (χ3v) is 2.54. The second kappa shape index (κ2) is 8.72. The standard InChI is InChI=1S/C14H25N3O/c1-4-5-6-7-8-15-13-9-14(17-11-16-13)18-10-12(2)3/h9,11-12H,4-8,10H2,1-3H3,(H,15,16,17). The SMILES string of the molecule is CCCCCCNc1cc(OCC(C)C)ncn1. The number of nitrogens with one attached hydrogen (secondary N) is 1. The number of nitrogens with zero attached hydrogens (tertiary/aromatic N) is 2. The molecule has 0 atom stereocenters. The molecule has 0 aliphatic carbocycles. The zero-order chi connectivity index (χ0) is 13.2.